The van der Waals surface area contributed by atoms with Gasteiger partial charge in [-0.2, -0.15) is 0 Å². The fraction of sp³-hybridized carbons (Fsp3) is 0.0833. The zero-order valence-corrected chi connectivity index (χ0v) is 11.6. The van der Waals surface area contributed by atoms with Crippen molar-refractivity contribution in [3.05, 3.63) is 56.4 Å². The van der Waals surface area contributed by atoms with Crippen molar-refractivity contribution < 1.29 is 14.1 Å². The van der Waals surface area contributed by atoms with Crippen molar-refractivity contribution in [1.82, 2.24) is 4.98 Å². The molecule has 0 fully saturated rings. The third-order valence-corrected chi connectivity index (χ3v) is 3.05. The minimum Gasteiger partial charge on any atom is -0.432 e. The Labute approximate surface area is 121 Å². The maximum absolute atomic E-state index is 13.5. The average Bonchev–Trinajstić information content (AvgIpc) is 2.43. The highest BCUT2D eigenvalue weighted by Crippen LogP contribution is 2.34. The Morgan fingerprint density at radius 1 is 1.45 bits per heavy atom. The first-order valence-corrected chi connectivity index (χ1v) is 6.27. The molecule has 1 aromatic carbocycles. The summed E-state index contributed by atoms with van der Waals surface area (Å²) < 4.78 is 18.7. The van der Waals surface area contributed by atoms with Crippen LogP contribution in [0.3, 0.4) is 0 Å². The normalized spacial score (nSPS) is 10.3. The third-order valence-electron chi connectivity index (χ3n) is 2.45. The van der Waals surface area contributed by atoms with Gasteiger partial charge >= 0.3 is 5.69 Å². The van der Waals surface area contributed by atoms with E-state index in [9.17, 15) is 14.5 Å². The molecule has 0 aliphatic carbocycles. The van der Waals surface area contributed by atoms with Gasteiger partial charge in [-0.25, -0.2) is 9.37 Å². The van der Waals surface area contributed by atoms with E-state index in [0.29, 0.717) is 6.54 Å². The van der Waals surface area contributed by atoms with Crippen molar-refractivity contribution >= 4 is 21.6 Å². The van der Waals surface area contributed by atoms with E-state index in [1.165, 1.54) is 12.3 Å². The van der Waals surface area contributed by atoms with Crippen LogP contribution in [0.1, 0.15) is 5.56 Å². The minimum atomic E-state index is -0.663. The minimum absolute atomic E-state index is 0.0111. The first-order chi connectivity index (χ1) is 9.51. The lowest BCUT2D eigenvalue weighted by molar-refractivity contribution is -0.385. The van der Waals surface area contributed by atoms with Crippen LogP contribution in [0.4, 0.5) is 10.1 Å². The van der Waals surface area contributed by atoms with Crippen LogP contribution in [-0.2, 0) is 6.54 Å². The smallest absolute Gasteiger partial charge is 0.312 e. The quantitative estimate of drug-likeness (QED) is 0.681. The Balaban J connectivity index is 2.36. The van der Waals surface area contributed by atoms with Gasteiger partial charge in [-0.05, 0) is 21.5 Å². The summed E-state index contributed by atoms with van der Waals surface area (Å²) in [6.45, 7) is 0.320. The van der Waals surface area contributed by atoms with Crippen LogP contribution in [0, 0.1) is 15.9 Å². The van der Waals surface area contributed by atoms with Crippen molar-refractivity contribution in [1.29, 1.82) is 0 Å². The van der Waals surface area contributed by atoms with Gasteiger partial charge in [-0.3, -0.25) is 10.1 Å². The fourth-order valence-electron chi connectivity index (χ4n) is 1.45. The van der Waals surface area contributed by atoms with E-state index < -0.39 is 10.7 Å². The molecule has 8 heteroatoms. The molecule has 0 bridgehead atoms. The topological polar surface area (TPSA) is 91.3 Å². The van der Waals surface area contributed by atoms with Crippen LogP contribution < -0.4 is 10.5 Å². The molecule has 2 aromatic rings. The molecule has 0 aliphatic rings. The molecule has 0 radical (unpaired) electrons. The van der Waals surface area contributed by atoms with E-state index in [2.05, 4.69) is 20.9 Å². The summed E-state index contributed by atoms with van der Waals surface area (Å²) in [6, 6.07) is 5.15. The summed E-state index contributed by atoms with van der Waals surface area (Å²) in [6.07, 6.45) is 1.48. The van der Waals surface area contributed by atoms with Crippen LogP contribution in [0.15, 0.2) is 34.9 Å². The number of nitrogens with zero attached hydrogens (tertiary/aromatic N) is 2. The molecule has 6 nitrogen and oxygen atoms in total. The predicted octanol–water partition coefficient (Wildman–Crippen LogP) is 3.14. The zero-order valence-electron chi connectivity index (χ0n) is 10.0. The van der Waals surface area contributed by atoms with Crippen molar-refractivity contribution in [3.63, 3.8) is 0 Å². The number of hydrogen-bond donors (Lipinski definition) is 1. The first kappa shape index (κ1) is 14.4. The second-order valence-corrected chi connectivity index (χ2v) is 4.66. The molecule has 0 atom stereocenters. The Bertz CT molecular complexity index is 649. The molecule has 0 unspecified atom stereocenters. The van der Waals surface area contributed by atoms with Gasteiger partial charge in [0.15, 0.2) is 0 Å². The van der Waals surface area contributed by atoms with Gasteiger partial charge in [0.05, 0.1) is 9.40 Å². The number of nitro groups is 1. The number of rotatable bonds is 4. The van der Waals surface area contributed by atoms with E-state index in [1.54, 1.807) is 6.07 Å². The molecule has 0 aliphatic heterocycles. The molecule has 20 heavy (non-hydrogen) atoms. The number of halogens is 2. The molecule has 2 N–H and O–H groups in total. The van der Waals surface area contributed by atoms with Crippen molar-refractivity contribution in [2.45, 2.75) is 6.54 Å². The first-order valence-electron chi connectivity index (χ1n) is 5.47. The number of nitro benzene ring substituents is 1. The zero-order chi connectivity index (χ0) is 14.7. The standard InChI is InChI=1S/C12H9BrFN3O3/c13-8-3-10(17(18)19)11(4-9(8)14)20-12-2-1-7(5-15)6-16-12/h1-4,6H,5,15H2. The van der Waals surface area contributed by atoms with Crippen molar-refractivity contribution in [2.75, 3.05) is 0 Å². The monoisotopic (exact) mass is 341 g/mol. The lowest BCUT2D eigenvalue weighted by Crippen LogP contribution is -1.99. The molecule has 0 saturated heterocycles. The number of nitrogens with two attached hydrogens (primary N) is 1. The van der Waals surface area contributed by atoms with Crippen LogP contribution in [0.2, 0.25) is 0 Å². The summed E-state index contributed by atoms with van der Waals surface area (Å²) in [5.41, 5.74) is 5.86. The summed E-state index contributed by atoms with van der Waals surface area (Å²) in [5.74, 6) is -0.764. The van der Waals surface area contributed by atoms with Crippen LogP contribution in [0.5, 0.6) is 11.6 Å². The summed E-state index contributed by atoms with van der Waals surface area (Å²) in [5, 5.41) is 10.9. The Morgan fingerprint density at radius 3 is 2.75 bits per heavy atom. The second kappa shape index (κ2) is 5.93. The molecule has 1 heterocycles. The molecular formula is C12H9BrFN3O3. The number of ether oxygens (including phenoxy) is 1. The van der Waals surface area contributed by atoms with E-state index >= 15 is 0 Å². The van der Waals surface area contributed by atoms with Gasteiger partial charge in [0.1, 0.15) is 5.82 Å². The largest absolute Gasteiger partial charge is 0.432 e. The summed E-state index contributed by atoms with van der Waals surface area (Å²) >= 11 is 2.89. The fourth-order valence-corrected chi connectivity index (χ4v) is 1.78. The van der Waals surface area contributed by atoms with Crippen LogP contribution >= 0.6 is 15.9 Å². The predicted molar refractivity (Wildman–Crippen MR) is 73.0 cm³/mol. The Morgan fingerprint density at radius 2 is 2.20 bits per heavy atom. The second-order valence-electron chi connectivity index (χ2n) is 3.80. The summed E-state index contributed by atoms with van der Waals surface area (Å²) in [7, 11) is 0. The van der Waals surface area contributed by atoms with Gasteiger partial charge in [-0.15, -0.1) is 0 Å². The lowest BCUT2D eigenvalue weighted by atomic mass is 10.3. The van der Waals surface area contributed by atoms with E-state index in [0.717, 1.165) is 17.7 Å². The number of benzene rings is 1. The maximum atomic E-state index is 13.5. The van der Waals surface area contributed by atoms with E-state index in [4.69, 9.17) is 10.5 Å². The number of pyridine rings is 1. The lowest BCUT2D eigenvalue weighted by Gasteiger charge is -2.07. The van der Waals surface area contributed by atoms with Crippen molar-refractivity contribution in [3.8, 4) is 11.6 Å². The maximum Gasteiger partial charge on any atom is 0.312 e. The van der Waals surface area contributed by atoms with Gasteiger partial charge in [0.2, 0.25) is 11.6 Å². The SMILES string of the molecule is NCc1ccc(Oc2cc(F)c(Br)cc2[N+](=O)[O-])nc1. The van der Waals surface area contributed by atoms with Gasteiger partial charge < -0.3 is 10.5 Å². The molecule has 104 valence electrons. The highest BCUT2D eigenvalue weighted by Gasteiger charge is 2.20. The molecule has 1 aromatic heterocycles. The number of aromatic nitrogens is 1. The Kier molecular flexibility index (Phi) is 4.26. The highest BCUT2D eigenvalue weighted by molar-refractivity contribution is 9.10. The highest BCUT2D eigenvalue weighted by atomic mass is 79.9. The number of hydrogen-bond acceptors (Lipinski definition) is 5. The van der Waals surface area contributed by atoms with Gasteiger partial charge in [-0.1, -0.05) is 6.07 Å². The van der Waals surface area contributed by atoms with E-state index in [-0.39, 0.29) is 21.8 Å². The van der Waals surface area contributed by atoms with Crippen LogP contribution in [-0.4, -0.2) is 9.91 Å². The summed E-state index contributed by atoms with van der Waals surface area (Å²) in [4.78, 5) is 14.2. The Hall–Kier alpha value is -2.06. The average molecular weight is 342 g/mol. The van der Waals surface area contributed by atoms with Gasteiger partial charge in [0.25, 0.3) is 0 Å². The molecule has 0 saturated carbocycles. The molecule has 0 spiro atoms. The molecule has 0 amide bonds. The van der Waals surface area contributed by atoms with Crippen molar-refractivity contribution in [2.24, 2.45) is 5.73 Å². The third kappa shape index (κ3) is 3.09. The van der Waals surface area contributed by atoms with Crippen LogP contribution in [0.25, 0.3) is 0 Å². The van der Waals surface area contributed by atoms with E-state index in [1.807, 2.05) is 0 Å². The molecule has 2 rings (SSSR count). The molecular weight excluding hydrogens is 333 g/mol. The van der Waals surface area contributed by atoms with Gasteiger partial charge in [0, 0.05) is 30.9 Å².